The number of amides is 1. The molecule has 1 aromatic rings. The fraction of sp³-hybridized carbons (Fsp3) is 0.593. The number of aliphatic carboxylic acids is 2. The van der Waals surface area contributed by atoms with Crippen LogP contribution < -0.4 is 14.8 Å². The molecule has 9 nitrogen and oxygen atoms in total. The molecule has 0 spiro atoms. The third-order valence-corrected chi connectivity index (χ3v) is 6.45. The summed E-state index contributed by atoms with van der Waals surface area (Å²) in [5, 5.41) is 19.0. The number of hydrogen-bond acceptors (Lipinski definition) is 6. The minimum Gasteiger partial charge on any atom is -0.484 e. The van der Waals surface area contributed by atoms with Crippen LogP contribution in [0.5, 0.6) is 11.5 Å². The Hall–Kier alpha value is -3.49. The molecule has 1 aromatic carbocycles. The first-order chi connectivity index (χ1) is 19.6. The number of carboxylic acids is 2. The zero-order valence-corrected chi connectivity index (χ0v) is 22.7. The summed E-state index contributed by atoms with van der Waals surface area (Å²) >= 11 is 0. The summed E-state index contributed by atoms with van der Waals surface area (Å²) in [6, 6.07) is 3.12. The van der Waals surface area contributed by atoms with Gasteiger partial charge in [-0.3, -0.25) is 4.79 Å². The van der Waals surface area contributed by atoms with Gasteiger partial charge >= 0.3 is 24.3 Å². The van der Waals surface area contributed by atoms with E-state index >= 15 is 0 Å². The molecule has 1 aliphatic heterocycles. The number of carbonyl (C=O) groups excluding carboxylic acids is 1. The topological polar surface area (TPSA) is 125 Å². The number of halogens is 6. The fourth-order valence-corrected chi connectivity index (χ4v) is 4.62. The lowest BCUT2D eigenvalue weighted by atomic mass is 9.92. The van der Waals surface area contributed by atoms with Crippen molar-refractivity contribution in [3.05, 3.63) is 35.9 Å². The minimum atomic E-state index is -4.64. The average Bonchev–Trinajstić information content (AvgIpc) is 2.93. The molecule has 1 heterocycles. The Kier molecular flexibility index (Phi) is 13.4. The highest BCUT2D eigenvalue weighted by molar-refractivity contribution is 5.97. The molecule has 3 N–H and O–H groups in total. The minimum absolute atomic E-state index is 0.0452. The van der Waals surface area contributed by atoms with Crippen molar-refractivity contribution >= 4 is 17.8 Å². The van der Waals surface area contributed by atoms with Gasteiger partial charge in [0, 0.05) is 30.8 Å². The Morgan fingerprint density at radius 2 is 1.43 bits per heavy atom. The summed E-state index contributed by atoms with van der Waals surface area (Å²) in [5.41, 5.74) is -0.231. The van der Waals surface area contributed by atoms with E-state index in [4.69, 9.17) is 19.7 Å². The van der Waals surface area contributed by atoms with Crippen molar-refractivity contribution in [2.45, 2.75) is 75.8 Å². The largest absolute Gasteiger partial charge is 0.484 e. The molecule has 3 rings (SSSR count). The molecule has 1 unspecified atom stereocenters. The van der Waals surface area contributed by atoms with Crippen molar-refractivity contribution in [2.75, 3.05) is 26.3 Å². The first-order valence-corrected chi connectivity index (χ1v) is 13.4. The third-order valence-electron chi connectivity index (χ3n) is 6.45. The molecule has 236 valence electrons. The first-order valence-electron chi connectivity index (χ1n) is 13.4. The van der Waals surface area contributed by atoms with E-state index in [1.807, 2.05) is 0 Å². The van der Waals surface area contributed by atoms with Gasteiger partial charge in [0.05, 0.1) is 5.56 Å². The zero-order valence-electron chi connectivity index (χ0n) is 22.7. The highest BCUT2D eigenvalue weighted by atomic mass is 19.4. The van der Waals surface area contributed by atoms with Crippen LogP contribution in [-0.2, 0) is 9.59 Å². The normalized spacial score (nSPS) is 18.1. The Labute approximate surface area is 238 Å². The van der Waals surface area contributed by atoms with Crippen LogP contribution in [0.15, 0.2) is 30.4 Å². The van der Waals surface area contributed by atoms with E-state index in [1.165, 1.54) is 0 Å². The summed E-state index contributed by atoms with van der Waals surface area (Å²) in [6.45, 7) is -2.01. The summed E-state index contributed by atoms with van der Waals surface area (Å²) in [4.78, 5) is 34.4. The van der Waals surface area contributed by atoms with Gasteiger partial charge in [-0.25, -0.2) is 9.59 Å². The van der Waals surface area contributed by atoms with Crippen LogP contribution >= 0.6 is 0 Å². The number of hydrogen-bond donors (Lipinski definition) is 3. The number of benzene rings is 1. The first kappa shape index (κ1) is 34.7. The van der Waals surface area contributed by atoms with E-state index in [0.717, 1.165) is 76.1 Å². The molecule has 1 atom stereocenters. The van der Waals surface area contributed by atoms with Crippen molar-refractivity contribution in [1.29, 1.82) is 0 Å². The number of nitrogens with one attached hydrogen (secondary N) is 1. The molecule has 2 fully saturated rings. The molecule has 42 heavy (non-hydrogen) atoms. The Bertz CT molecular complexity index is 1050. The second kappa shape index (κ2) is 16.2. The number of ether oxygens (including phenoxy) is 2. The molecule has 0 radical (unpaired) electrons. The van der Waals surface area contributed by atoms with E-state index in [1.54, 1.807) is 4.90 Å². The summed E-state index contributed by atoms with van der Waals surface area (Å²) in [7, 11) is 0. The van der Waals surface area contributed by atoms with Gasteiger partial charge in [-0.15, -0.1) is 0 Å². The lowest BCUT2D eigenvalue weighted by Gasteiger charge is -2.38. The van der Waals surface area contributed by atoms with E-state index < -0.39 is 43.4 Å². The van der Waals surface area contributed by atoms with Crippen molar-refractivity contribution in [3.63, 3.8) is 0 Å². The molecule has 15 heteroatoms. The standard InChI is InChI=1S/C23H30F6N2O3.C4H4O4/c24-22(25,26)14-33-18-9-10-20(34-15-23(27,28)29)19(12-18)21(32)31(17-7-2-1-3-8-17)13-16-6-4-5-11-30-16;5-3(6)1-2-4(7)8/h9-10,12,16-17,30H,1-8,11,13-15H2;1-2H,(H,5,6)(H,7,8)/b;2-1+. The maximum absolute atomic E-state index is 13.7. The number of nitrogens with zero attached hydrogens (tertiary/aromatic N) is 1. The fourth-order valence-electron chi connectivity index (χ4n) is 4.62. The van der Waals surface area contributed by atoms with Gasteiger partial charge in [0.2, 0.25) is 0 Å². The summed E-state index contributed by atoms with van der Waals surface area (Å²) < 4.78 is 85.8. The quantitative estimate of drug-likeness (QED) is 0.243. The van der Waals surface area contributed by atoms with Gasteiger partial charge < -0.3 is 29.9 Å². The molecule has 0 aromatic heterocycles. The number of carbonyl (C=O) groups is 3. The molecule has 1 saturated heterocycles. The van der Waals surface area contributed by atoms with Crippen LogP contribution in [0.2, 0.25) is 0 Å². The van der Waals surface area contributed by atoms with Gasteiger partial charge in [-0.05, 0) is 50.4 Å². The Morgan fingerprint density at radius 3 is 1.95 bits per heavy atom. The number of rotatable bonds is 10. The molecule has 0 bridgehead atoms. The molecule has 1 aliphatic carbocycles. The maximum atomic E-state index is 13.7. The van der Waals surface area contributed by atoms with Gasteiger partial charge in [0.15, 0.2) is 13.2 Å². The predicted octanol–water partition coefficient (Wildman–Crippen LogP) is 5.20. The number of alkyl halides is 6. The van der Waals surface area contributed by atoms with Crippen LogP contribution in [0.3, 0.4) is 0 Å². The van der Waals surface area contributed by atoms with Crippen LogP contribution in [0.1, 0.15) is 61.7 Å². The van der Waals surface area contributed by atoms with E-state index in [9.17, 15) is 40.7 Å². The third kappa shape index (κ3) is 13.4. The molecular formula is C27H34F6N2O7. The van der Waals surface area contributed by atoms with Gasteiger partial charge in [-0.1, -0.05) is 25.7 Å². The van der Waals surface area contributed by atoms with E-state index in [2.05, 4.69) is 5.32 Å². The van der Waals surface area contributed by atoms with E-state index in [-0.39, 0.29) is 29.1 Å². The Balaban J connectivity index is 0.000000675. The van der Waals surface area contributed by atoms with Crippen LogP contribution in [0.25, 0.3) is 0 Å². The van der Waals surface area contributed by atoms with Crippen molar-refractivity contribution < 1.29 is 60.4 Å². The SMILES string of the molecule is O=C(O)/C=C/C(=O)O.O=C(c1cc(OCC(F)(F)F)ccc1OCC(F)(F)F)N(CC1CCCCN1)C1CCCCC1. The van der Waals surface area contributed by atoms with Gasteiger partial charge in [0.1, 0.15) is 11.5 Å². The molecule has 1 saturated carbocycles. The second-order valence-corrected chi connectivity index (χ2v) is 9.87. The Morgan fingerprint density at radius 1 is 0.857 bits per heavy atom. The van der Waals surface area contributed by atoms with Crippen LogP contribution in [-0.4, -0.2) is 83.7 Å². The zero-order chi connectivity index (χ0) is 31.3. The van der Waals surface area contributed by atoms with Gasteiger partial charge in [-0.2, -0.15) is 26.3 Å². The predicted molar refractivity (Wildman–Crippen MR) is 138 cm³/mol. The molecule has 1 amide bonds. The van der Waals surface area contributed by atoms with Gasteiger partial charge in [0.25, 0.3) is 5.91 Å². The smallest absolute Gasteiger partial charge is 0.422 e. The lowest BCUT2D eigenvalue weighted by molar-refractivity contribution is -0.154. The lowest BCUT2D eigenvalue weighted by Crippen LogP contribution is -2.50. The molecule has 2 aliphatic rings. The van der Waals surface area contributed by atoms with Crippen molar-refractivity contribution in [3.8, 4) is 11.5 Å². The number of piperidine rings is 1. The summed E-state index contributed by atoms with van der Waals surface area (Å²) in [6.07, 6.45) is -0.793. The number of carboxylic acid groups (broad SMARTS) is 2. The molecular weight excluding hydrogens is 578 g/mol. The van der Waals surface area contributed by atoms with E-state index in [0.29, 0.717) is 18.7 Å². The highest BCUT2D eigenvalue weighted by Gasteiger charge is 2.34. The van der Waals surface area contributed by atoms with Crippen LogP contribution in [0.4, 0.5) is 26.3 Å². The van der Waals surface area contributed by atoms with Crippen molar-refractivity contribution in [1.82, 2.24) is 10.2 Å². The second-order valence-electron chi connectivity index (χ2n) is 9.87. The highest BCUT2D eigenvalue weighted by Crippen LogP contribution is 2.32. The van der Waals surface area contributed by atoms with Crippen LogP contribution in [0, 0.1) is 0 Å². The monoisotopic (exact) mass is 612 g/mol. The summed E-state index contributed by atoms with van der Waals surface area (Å²) in [5.74, 6) is -3.67. The average molecular weight is 613 g/mol. The maximum Gasteiger partial charge on any atom is 0.422 e. The van der Waals surface area contributed by atoms with Crippen molar-refractivity contribution in [2.24, 2.45) is 0 Å².